The van der Waals surface area contributed by atoms with Crippen LogP contribution in [0.5, 0.6) is 5.75 Å². The highest BCUT2D eigenvalue weighted by Crippen LogP contribution is 2.29. The van der Waals surface area contributed by atoms with Crippen molar-refractivity contribution in [1.29, 1.82) is 0 Å². The molecule has 2 aromatic rings. The molecular formula is C15H21BrN4O. The standard InChI is InChI=1S/C15H21BrN4O/c1-4-7-17-11(2)13-8-12(16)5-6-14(13)21-9-15-18-10-19-20(15)3/h5-6,8,10-11,17H,4,7,9H2,1-3H3. The first-order valence-electron chi connectivity index (χ1n) is 7.10. The predicted molar refractivity (Wildman–Crippen MR) is 86.2 cm³/mol. The van der Waals surface area contributed by atoms with Gasteiger partial charge >= 0.3 is 0 Å². The Kier molecular flexibility index (Phi) is 5.76. The maximum Gasteiger partial charge on any atom is 0.164 e. The average Bonchev–Trinajstić information content (AvgIpc) is 2.88. The number of hydrogen-bond acceptors (Lipinski definition) is 4. The van der Waals surface area contributed by atoms with Crippen molar-refractivity contribution in [3.8, 4) is 5.75 Å². The van der Waals surface area contributed by atoms with Crippen LogP contribution < -0.4 is 10.1 Å². The summed E-state index contributed by atoms with van der Waals surface area (Å²) in [6.45, 7) is 5.70. The van der Waals surface area contributed by atoms with Gasteiger partial charge < -0.3 is 10.1 Å². The highest BCUT2D eigenvalue weighted by atomic mass is 79.9. The topological polar surface area (TPSA) is 52.0 Å². The Balaban J connectivity index is 2.12. The van der Waals surface area contributed by atoms with Crippen molar-refractivity contribution >= 4 is 15.9 Å². The predicted octanol–water partition coefficient (Wildman–Crippen LogP) is 3.22. The minimum absolute atomic E-state index is 0.233. The zero-order valence-corrected chi connectivity index (χ0v) is 14.2. The SMILES string of the molecule is CCCNC(C)c1cc(Br)ccc1OCc1ncnn1C. The van der Waals surface area contributed by atoms with E-state index in [1.807, 2.05) is 19.2 Å². The Labute approximate surface area is 133 Å². The lowest BCUT2D eigenvalue weighted by molar-refractivity contribution is 0.284. The van der Waals surface area contributed by atoms with E-state index in [1.54, 1.807) is 4.68 Å². The lowest BCUT2D eigenvalue weighted by atomic mass is 10.1. The van der Waals surface area contributed by atoms with Gasteiger partial charge in [0.1, 0.15) is 18.7 Å². The summed E-state index contributed by atoms with van der Waals surface area (Å²) in [5, 5.41) is 7.53. The fraction of sp³-hybridized carbons (Fsp3) is 0.467. The highest BCUT2D eigenvalue weighted by Gasteiger charge is 2.13. The van der Waals surface area contributed by atoms with Gasteiger partial charge in [0.2, 0.25) is 0 Å². The largest absolute Gasteiger partial charge is 0.485 e. The molecule has 0 saturated carbocycles. The Morgan fingerprint density at radius 3 is 2.90 bits per heavy atom. The number of halogens is 1. The first-order valence-corrected chi connectivity index (χ1v) is 7.89. The first-order chi connectivity index (χ1) is 10.1. The molecule has 6 heteroatoms. The summed E-state index contributed by atoms with van der Waals surface area (Å²) < 4.78 is 8.70. The van der Waals surface area contributed by atoms with E-state index in [0.29, 0.717) is 6.61 Å². The number of aromatic nitrogens is 3. The van der Waals surface area contributed by atoms with E-state index in [1.165, 1.54) is 6.33 Å². The minimum atomic E-state index is 0.233. The summed E-state index contributed by atoms with van der Waals surface area (Å²) in [6, 6.07) is 6.30. The molecule has 1 aromatic heterocycles. The monoisotopic (exact) mass is 352 g/mol. The molecule has 1 heterocycles. The molecule has 1 atom stereocenters. The smallest absolute Gasteiger partial charge is 0.164 e. The fourth-order valence-corrected chi connectivity index (χ4v) is 2.43. The molecule has 21 heavy (non-hydrogen) atoms. The first kappa shape index (κ1) is 16.0. The number of ether oxygens (including phenoxy) is 1. The summed E-state index contributed by atoms with van der Waals surface area (Å²) in [6.07, 6.45) is 2.64. The van der Waals surface area contributed by atoms with Gasteiger partial charge in [0.15, 0.2) is 5.82 Å². The van der Waals surface area contributed by atoms with E-state index in [2.05, 4.69) is 51.2 Å². The van der Waals surface area contributed by atoms with Gasteiger partial charge in [-0.15, -0.1) is 0 Å². The molecule has 1 unspecified atom stereocenters. The summed E-state index contributed by atoms with van der Waals surface area (Å²) in [5.74, 6) is 1.68. The van der Waals surface area contributed by atoms with Gasteiger partial charge in [-0.1, -0.05) is 22.9 Å². The van der Waals surface area contributed by atoms with E-state index in [9.17, 15) is 0 Å². The fourth-order valence-electron chi connectivity index (χ4n) is 2.05. The van der Waals surface area contributed by atoms with Gasteiger partial charge in [-0.25, -0.2) is 4.98 Å². The summed E-state index contributed by atoms with van der Waals surface area (Å²) in [4.78, 5) is 4.17. The van der Waals surface area contributed by atoms with Crippen LogP contribution in [0.4, 0.5) is 0 Å². The molecule has 1 N–H and O–H groups in total. The van der Waals surface area contributed by atoms with Crippen molar-refractivity contribution < 1.29 is 4.74 Å². The van der Waals surface area contributed by atoms with E-state index < -0.39 is 0 Å². The number of rotatable bonds is 7. The zero-order chi connectivity index (χ0) is 15.2. The molecule has 0 radical (unpaired) electrons. The normalized spacial score (nSPS) is 12.4. The molecule has 1 aromatic carbocycles. The van der Waals surface area contributed by atoms with Crippen LogP contribution in [0.3, 0.4) is 0 Å². The number of hydrogen-bond donors (Lipinski definition) is 1. The molecule has 0 saturated heterocycles. The number of benzene rings is 1. The van der Waals surface area contributed by atoms with Gasteiger partial charge in [0.25, 0.3) is 0 Å². The maximum atomic E-state index is 5.93. The van der Waals surface area contributed by atoms with Gasteiger partial charge in [0, 0.05) is 23.1 Å². The molecule has 5 nitrogen and oxygen atoms in total. The third kappa shape index (κ3) is 4.28. The van der Waals surface area contributed by atoms with Gasteiger partial charge in [0.05, 0.1) is 0 Å². The lowest BCUT2D eigenvalue weighted by Gasteiger charge is -2.18. The average molecular weight is 353 g/mol. The maximum absolute atomic E-state index is 5.93. The quantitative estimate of drug-likeness (QED) is 0.831. The molecule has 0 bridgehead atoms. The summed E-state index contributed by atoms with van der Waals surface area (Å²) in [5.41, 5.74) is 1.14. The Morgan fingerprint density at radius 1 is 1.43 bits per heavy atom. The number of nitrogens with zero attached hydrogens (tertiary/aromatic N) is 3. The second-order valence-corrected chi connectivity index (χ2v) is 5.86. The van der Waals surface area contributed by atoms with Crippen LogP contribution >= 0.6 is 15.9 Å². The summed E-state index contributed by atoms with van der Waals surface area (Å²) in [7, 11) is 1.86. The van der Waals surface area contributed by atoms with Crippen molar-refractivity contribution in [2.75, 3.05) is 6.54 Å². The molecular weight excluding hydrogens is 332 g/mol. The number of aryl methyl sites for hydroxylation is 1. The van der Waals surface area contributed by atoms with Gasteiger partial charge in [-0.2, -0.15) is 5.10 Å². The van der Waals surface area contributed by atoms with Crippen molar-refractivity contribution in [2.45, 2.75) is 32.9 Å². The van der Waals surface area contributed by atoms with Crippen LogP contribution in [0, 0.1) is 0 Å². The van der Waals surface area contributed by atoms with E-state index >= 15 is 0 Å². The van der Waals surface area contributed by atoms with E-state index in [0.717, 1.165) is 34.6 Å². The van der Waals surface area contributed by atoms with Crippen molar-refractivity contribution in [1.82, 2.24) is 20.1 Å². The molecule has 114 valence electrons. The van der Waals surface area contributed by atoms with Crippen molar-refractivity contribution in [3.63, 3.8) is 0 Å². The van der Waals surface area contributed by atoms with Crippen LogP contribution in [0.15, 0.2) is 29.0 Å². The third-order valence-electron chi connectivity index (χ3n) is 3.30. The molecule has 0 aliphatic rings. The second kappa shape index (κ2) is 7.56. The van der Waals surface area contributed by atoms with Crippen LogP contribution in [0.2, 0.25) is 0 Å². The molecule has 0 aliphatic heterocycles. The summed E-state index contributed by atoms with van der Waals surface area (Å²) >= 11 is 3.52. The van der Waals surface area contributed by atoms with Crippen LogP contribution in [-0.2, 0) is 13.7 Å². The van der Waals surface area contributed by atoms with Crippen molar-refractivity contribution in [3.05, 3.63) is 40.4 Å². The molecule has 0 spiro atoms. The third-order valence-corrected chi connectivity index (χ3v) is 3.79. The van der Waals surface area contributed by atoms with Crippen LogP contribution in [0.1, 0.15) is 37.7 Å². The van der Waals surface area contributed by atoms with E-state index in [4.69, 9.17) is 4.74 Å². The van der Waals surface area contributed by atoms with Crippen LogP contribution in [-0.4, -0.2) is 21.3 Å². The Bertz CT molecular complexity index is 585. The Morgan fingerprint density at radius 2 is 2.24 bits per heavy atom. The molecule has 0 aliphatic carbocycles. The highest BCUT2D eigenvalue weighted by molar-refractivity contribution is 9.10. The van der Waals surface area contributed by atoms with Gasteiger partial charge in [-0.05, 0) is 38.1 Å². The van der Waals surface area contributed by atoms with Crippen molar-refractivity contribution in [2.24, 2.45) is 7.05 Å². The molecule has 0 amide bonds. The second-order valence-electron chi connectivity index (χ2n) is 4.95. The van der Waals surface area contributed by atoms with Crippen LogP contribution in [0.25, 0.3) is 0 Å². The minimum Gasteiger partial charge on any atom is -0.485 e. The number of nitrogens with one attached hydrogen (secondary N) is 1. The Hall–Kier alpha value is -1.40. The zero-order valence-electron chi connectivity index (χ0n) is 12.6. The molecule has 2 rings (SSSR count). The van der Waals surface area contributed by atoms with Gasteiger partial charge in [-0.3, -0.25) is 4.68 Å². The lowest BCUT2D eigenvalue weighted by Crippen LogP contribution is -2.20. The molecule has 0 fully saturated rings. The van der Waals surface area contributed by atoms with E-state index in [-0.39, 0.29) is 6.04 Å².